The van der Waals surface area contributed by atoms with Crippen molar-refractivity contribution in [2.75, 3.05) is 13.3 Å². The first kappa shape index (κ1) is 11.4. The summed E-state index contributed by atoms with van der Waals surface area (Å²) in [5, 5.41) is 1.74. The second-order valence-corrected chi connectivity index (χ2v) is 9.54. The molecule has 1 fully saturated rings. The van der Waals surface area contributed by atoms with Crippen molar-refractivity contribution in [3.8, 4) is 0 Å². The molecule has 1 aliphatic rings. The van der Waals surface area contributed by atoms with Gasteiger partial charge in [-0.05, 0) is 24.6 Å². The van der Waals surface area contributed by atoms with E-state index in [0.717, 1.165) is 16.4 Å². The van der Waals surface area contributed by atoms with Gasteiger partial charge >= 0.3 is 0 Å². The Labute approximate surface area is 85.1 Å². The van der Waals surface area contributed by atoms with Crippen molar-refractivity contribution in [1.29, 1.82) is 0 Å². The lowest BCUT2D eigenvalue weighted by molar-refractivity contribution is 0.211. The highest BCUT2D eigenvalue weighted by Crippen LogP contribution is 2.68. The zero-order valence-electron chi connectivity index (χ0n) is 10.1. The predicted molar refractivity (Wildman–Crippen MR) is 64.4 cm³/mol. The van der Waals surface area contributed by atoms with Crippen LogP contribution >= 0.6 is 10.2 Å². The summed E-state index contributed by atoms with van der Waals surface area (Å²) in [4.78, 5) is 0. The van der Waals surface area contributed by atoms with Crippen molar-refractivity contribution in [2.45, 2.75) is 45.1 Å². The third kappa shape index (κ3) is 1.52. The van der Waals surface area contributed by atoms with Crippen LogP contribution in [0.25, 0.3) is 0 Å². The topological polar surface area (TPSA) is 12.0 Å². The minimum absolute atomic E-state index is 0.474. The van der Waals surface area contributed by atoms with Gasteiger partial charge in [0.2, 0.25) is 0 Å². The van der Waals surface area contributed by atoms with E-state index >= 15 is 0 Å². The third-order valence-electron chi connectivity index (χ3n) is 4.00. The van der Waals surface area contributed by atoms with E-state index in [0.29, 0.717) is 5.41 Å². The van der Waals surface area contributed by atoms with Crippen LogP contribution in [0.15, 0.2) is 0 Å². The van der Waals surface area contributed by atoms with Crippen molar-refractivity contribution in [1.82, 2.24) is 4.72 Å². The highest BCUT2D eigenvalue weighted by atomic mass is 32.3. The maximum absolute atomic E-state index is 3.56. The molecule has 1 aliphatic heterocycles. The summed E-state index contributed by atoms with van der Waals surface area (Å²) in [6.45, 7) is 12.0. The fourth-order valence-electron chi connectivity index (χ4n) is 3.02. The molecule has 80 valence electrons. The summed E-state index contributed by atoms with van der Waals surface area (Å²) in [5.41, 5.74) is 0.474. The summed E-state index contributed by atoms with van der Waals surface area (Å²) in [7, 11) is 1.61. The van der Waals surface area contributed by atoms with Gasteiger partial charge < -0.3 is 0 Å². The van der Waals surface area contributed by atoms with Crippen LogP contribution in [0.5, 0.6) is 0 Å². The second kappa shape index (κ2) is 3.16. The SMILES string of the molecule is CNS1(C)C(C)C(C(C)(C)C)C1C. The Morgan fingerprint density at radius 2 is 1.46 bits per heavy atom. The van der Waals surface area contributed by atoms with Crippen LogP contribution in [0.4, 0.5) is 0 Å². The van der Waals surface area contributed by atoms with Crippen LogP contribution in [0.3, 0.4) is 0 Å². The maximum Gasteiger partial charge on any atom is 0.00199 e. The lowest BCUT2D eigenvalue weighted by Gasteiger charge is -2.66. The van der Waals surface area contributed by atoms with E-state index in [1.54, 1.807) is 0 Å². The predicted octanol–water partition coefficient (Wildman–Crippen LogP) is 3.01. The van der Waals surface area contributed by atoms with Crippen LogP contribution in [-0.2, 0) is 0 Å². The van der Waals surface area contributed by atoms with E-state index in [9.17, 15) is 0 Å². The molecule has 2 unspecified atom stereocenters. The van der Waals surface area contributed by atoms with E-state index in [2.05, 4.69) is 52.6 Å². The molecule has 2 atom stereocenters. The van der Waals surface area contributed by atoms with Crippen LogP contribution < -0.4 is 4.72 Å². The number of nitrogens with one attached hydrogen (secondary N) is 1. The Balaban J connectivity index is 2.78. The van der Waals surface area contributed by atoms with Gasteiger partial charge in [-0.3, -0.25) is 4.72 Å². The fourth-order valence-corrected chi connectivity index (χ4v) is 6.67. The maximum atomic E-state index is 3.56. The molecule has 0 aromatic heterocycles. The zero-order valence-corrected chi connectivity index (χ0v) is 11.0. The Kier molecular flexibility index (Phi) is 2.77. The second-order valence-electron chi connectivity index (χ2n) is 5.55. The molecule has 0 bridgehead atoms. The van der Waals surface area contributed by atoms with E-state index in [1.807, 2.05) is 0 Å². The highest BCUT2D eigenvalue weighted by Gasteiger charge is 2.54. The van der Waals surface area contributed by atoms with Gasteiger partial charge in [0, 0.05) is 10.5 Å². The average molecular weight is 203 g/mol. The molecule has 0 aromatic carbocycles. The largest absolute Gasteiger partial charge is 0.284 e. The van der Waals surface area contributed by atoms with E-state index in [4.69, 9.17) is 0 Å². The van der Waals surface area contributed by atoms with Crippen molar-refractivity contribution in [2.24, 2.45) is 11.3 Å². The Morgan fingerprint density at radius 1 is 1.08 bits per heavy atom. The quantitative estimate of drug-likeness (QED) is 0.691. The fraction of sp³-hybridized carbons (Fsp3) is 1.00. The average Bonchev–Trinajstić information content (AvgIpc) is 2.01. The van der Waals surface area contributed by atoms with Gasteiger partial charge in [0.1, 0.15) is 0 Å². The number of hydrogen-bond donors (Lipinski definition) is 1. The van der Waals surface area contributed by atoms with Crippen LogP contribution in [0.2, 0.25) is 0 Å². The molecule has 0 saturated carbocycles. The van der Waals surface area contributed by atoms with E-state index in [1.165, 1.54) is 0 Å². The molecule has 2 heteroatoms. The van der Waals surface area contributed by atoms with Crippen molar-refractivity contribution < 1.29 is 0 Å². The molecule has 0 spiro atoms. The number of hydrogen-bond acceptors (Lipinski definition) is 1. The van der Waals surface area contributed by atoms with Crippen LogP contribution in [0, 0.1) is 11.3 Å². The Hall–Kier alpha value is 0.310. The molecule has 1 N–H and O–H groups in total. The summed E-state index contributed by atoms with van der Waals surface area (Å²) in [5.74, 6) is 0.889. The van der Waals surface area contributed by atoms with Crippen LogP contribution in [0.1, 0.15) is 34.6 Å². The van der Waals surface area contributed by atoms with Gasteiger partial charge in [-0.25, -0.2) is 0 Å². The molecule has 0 aromatic rings. The molecule has 1 heterocycles. The molecule has 0 radical (unpaired) electrons. The number of rotatable bonds is 1. The first-order valence-corrected chi connectivity index (χ1v) is 7.36. The minimum Gasteiger partial charge on any atom is -0.284 e. The molecule has 0 aliphatic carbocycles. The monoisotopic (exact) mass is 203 g/mol. The van der Waals surface area contributed by atoms with E-state index in [-0.39, 0.29) is 0 Å². The molecule has 13 heavy (non-hydrogen) atoms. The molecule has 0 amide bonds. The first-order valence-electron chi connectivity index (χ1n) is 5.19. The van der Waals surface area contributed by atoms with Gasteiger partial charge in [0.25, 0.3) is 0 Å². The molecule has 1 nitrogen and oxygen atoms in total. The Morgan fingerprint density at radius 3 is 1.69 bits per heavy atom. The standard InChI is InChI=1S/C11H25NS/c1-8-10(11(3,4)5)9(2)13(8,7)12-6/h8-10,12H,1-7H3. The normalized spacial score (nSPS) is 50.8. The van der Waals surface area contributed by atoms with Gasteiger partial charge in [-0.2, -0.15) is 10.2 Å². The Bertz CT molecular complexity index is 185. The molecular formula is C11H25NS. The molecule has 1 saturated heterocycles. The summed E-state index contributed by atoms with van der Waals surface area (Å²) >= 11 is 0. The van der Waals surface area contributed by atoms with Crippen molar-refractivity contribution in [3.05, 3.63) is 0 Å². The van der Waals surface area contributed by atoms with Crippen molar-refractivity contribution in [3.63, 3.8) is 0 Å². The smallest absolute Gasteiger partial charge is 0.00199 e. The third-order valence-corrected chi connectivity index (χ3v) is 8.55. The van der Waals surface area contributed by atoms with Gasteiger partial charge in [0.15, 0.2) is 0 Å². The molecule has 1 rings (SSSR count). The van der Waals surface area contributed by atoms with Crippen molar-refractivity contribution >= 4 is 10.2 Å². The summed E-state index contributed by atoms with van der Waals surface area (Å²) in [6.07, 6.45) is 2.44. The van der Waals surface area contributed by atoms with Gasteiger partial charge in [-0.15, -0.1) is 0 Å². The lowest BCUT2D eigenvalue weighted by Crippen LogP contribution is -2.57. The van der Waals surface area contributed by atoms with Crippen LogP contribution in [-0.4, -0.2) is 23.8 Å². The summed E-state index contributed by atoms with van der Waals surface area (Å²) in [6, 6.07) is 0. The van der Waals surface area contributed by atoms with Gasteiger partial charge in [-0.1, -0.05) is 34.6 Å². The molecular weight excluding hydrogens is 178 g/mol. The van der Waals surface area contributed by atoms with Gasteiger partial charge in [0.05, 0.1) is 0 Å². The summed E-state index contributed by atoms with van der Waals surface area (Å²) < 4.78 is 3.56. The highest BCUT2D eigenvalue weighted by molar-refractivity contribution is 8.33. The minimum atomic E-state index is -0.517. The first-order chi connectivity index (χ1) is 5.75. The van der Waals surface area contributed by atoms with E-state index < -0.39 is 10.2 Å². The lowest BCUT2D eigenvalue weighted by atomic mass is 9.76. The zero-order chi connectivity index (χ0) is 10.4.